The zero-order valence-electron chi connectivity index (χ0n) is 15.2. The van der Waals surface area contributed by atoms with E-state index in [4.69, 9.17) is 15.3 Å². The van der Waals surface area contributed by atoms with E-state index in [9.17, 15) is 4.39 Å². The van der Waals surface area contributed by atoms with Crippen LogP contribution >= 0.6 is 11.8 Å². The van der Waals surface area contributed by atoms with Gasteiger partial charge in [-0.1, -0.05) is 41.6 Å². The number of hydrogen-bond acceptors (Lipinski definition) is 6. The molecule has 3 rings (SSSR count). The first-order chi connectivity index (χ1) is 13.0. The zero-order valence-corrected chi connectivity index (χ0v) is 16.0. The first-order valence-electron chi connectivity index (χ1n) is 8.44. The van der Waals surface area contributed by atoms with Gasteiger partial charge in [0.05, 0.1) is 6.61 Å². The van der Waals surface area contributed by atoms with Crippen LogP contribution in [0.3, 0.4) is 0 Å². The predicted molar refractivity (Wildman–Crippen MR) is 103 cm³/mol. The Morgan fingerprint density at radius 1 is 1.07 bits per heavy atom. The summed E-state index contributed by atoms with van der Waals surface area (Å²) in [5, 5.41) is 8.69. The lowest BCUT2D eigenvalue weighted by Gasteiger charge is -2.09. The van der Waals surface area contributed by atoms with Gasteiger partial charge in [-0.15, -0.1) is 10.2 Å². The fourth-order valence-corrected chi connectivity index (χ4v) is 3.15. The highest BCUT2D eigenvalue weighted by molar-refractivity contribution is 7.99. The molecule has 142 valence electrons. The van der Waals surface area contributed by atoms with Crippen LogP contribution in [0.2, 0.25) is 0 Å². The first-order valence-corrected chi connectivity index (χ1v) is 9.42. The predicted octanol–water partition coefficient (Wildman–Crippen LogP) is 3.50. The van der Waals surface area contributed by atoms with E-state index in [1.807, 2.05) is 26.0 Å². The number of aromatic nitrogens is 3. The Labute approximate surface area is 161 Å². The van der Waals surface area contributed by atoms with Crippen molar-refractivity contribution in [1.29, 1.82) is 0 Å². The van der Waals surface area contributed by atoms with Crippen LogP contribution in [0.25, 0.3) is 0 Å². The first kappa shape index (κ1) is 19.0. The van der Waals surface area contributed by atoms with Crippen LogP contribution in [0.4, 0.5) is 4.39 Å². The number of benzene rings is 2. The summed E-state index contributed by atoms with van der Waals surface area (Å²) in [4.78, 5) is 0. The second kappa shape index (κ2) is 8.77. The summed E-state index contributed by atoms with van der Waals surface area (Å²) < 4.78 is 26.1. The summed E-state index contributed by atoms with van der Waals surface area (Å²) in [5.41, 5.74) is 2.23. The molecule has 1 heterocycles. The molecule has 0 saturated carbocycles. The fraction of sp³-hybridized carbons (Fsp3) is 0.263. The molecule has 2 aromatic carbocycles. The van der Waals surface area contributed by atoms with Crippen molar-refractivity contribution in [2.45, 2.75) is 25.6 Å². The highest BCUT2D eigenvalue weighted by Gasteiger charge is 2.12. The van der Waals surface area contributed by atoms with E-state index >= 15 is 0 Å². The van der Waals surface area contributed by atoms with Crippen LogP contribution in [-0.4, -0.2) is 27.2 Å². The summed E-state index contributed by atoms with van der Waals surface area (Å²) in [6, 6.07) is 12.3. The van der Waals surface area contributed by atoms with Gasteiger partial charge in [0.25, 0.3) is 0 Å². The molecule has 27 heavy (non-hydrogen) atoms. The van der Waals surface area contributed by atoms with Gasteiger partial charge >= 0.3 is 0 Å². The Balaban J connectivity index is 1.50. The molecule has 0 unspecified atom stereocenters. The fourth-order valence-electron chi connectivity index (χ4n) is 2.45. The molecule has 3 aromatic rings. The van der Waals surface area contributed by atoms with Crippen molar-refractivity contribution in [3.63, 3.8) is 0 Å². The maximum Gasteiger partial charge on any atom is 0.210 e. The number of hydrogen-bond donors (Lipinski definition) is 1. The van der Waals surface area contributed by atoms with Gasteiger partial charge < -0.3 is 15.3 Å². The average molecular weight is 388 g/mol. The largest absolute Gasteiger partial charge is 0.490 e. The number of nitrogens with two attached hydrogens (primary N) is 1. The molecule has 0 bridgehead atoms. The molecule has 6 nitrogen and oxygen atoms in total. The van der Waals surface area contributed by atoms with Crippen LogP contribution in [0.1, 0.15) is 17.0 Å². The van der Waals surface area contributed by atoms with Gasteiger partial charge in [-0.05, 0) is 37.6 Å². The van der Waals surface area contributed by atoms with E-state index in [1.54, 1.807) is 18.2 Å². The lowest BCUT2D eigenvalue weighted by Crippen LogP contribution is -2.16. The quantitative estimate of drug-likeness (QED) is 0.362. The molecular formula is C19H21FN4O2S. The number of nitrogens with zero attached hydrogens (tertiary/aromatic N) is 3. The molecular weight excluding hydrogens is 367 g/mol. The van der Waals surface area contributed by atoms with E-state index in [0.717, 1.165) is 11.3 Å². The van der Waals surface area contributed by atoms with Crippen LogP contribution in [0, 0.1) is 19.7 Å². The van der Waals surface area contributed by atoms with Gasteiger partial charge in [0.1, 0.15) is 12.4 Å². The van der Waals surface area contributed by atoms with E-state index in [1.165, 1.54) is 28.1 Å². The molecule has 0 amide bonds. The number of halogens is 1. The monoisotopic (exact) mass is 388 g/mol. The minimum absolute atomic E-state index is 0.222. The summed E-state index contributed by atoms with van der Waals surface area (Å²) in [6.07, 6.45) is 0. The van der Waals surface area contributed by atoms with Crippen molar-refractivity contribution in [3.8, 4) is 11.5 Å². The number of thioether (sulfide) groups is 1. The molecule has 8 heteroatoms. The van der Waals surface area contributed by atoms with Crippen molar-refractivity contribution in [2.24, 2.45) is 0 Å². The van der Waals surface area contributed by atoms with Gasteiger partial charge in [-0.2, -0.15) is 0 Å². The molecule has 0 radical (unpaired) electrons. The van der Waals surface area contributed by atoms with Crippen molar-refractivity contribution in [2.75, 3.05) is 18.2 Å². The molecule has 0 aliphatic heterocycles. The molecule has 0 fully saturated rings. The summed E-state index contributed by atoms with van der Waals surface area (Å²) in [5.74, 6) is 7.76. The van der Waals surface area contributed by atoms with Gasteiger partial charge in [0, 0.05) is 5.75 Å². The van der Waals surface area contributed by atoms with Crippen LogP contribution in [0.5, 0.6) is 11.5 Å². The topological polar surface area (TPSA) is 75.2 Å². The van der Waals surface area contributed by atoms with Crippen molar-refractivity contribution in [1.82, 2.24) is 14.9 Å². The van der Waals surface area contributed by atoms with Crippen molar-refractivity contribution >= 4 is 11.8 Å². The molecule has 0 saturated heterocycles. The number of ether oxygens (including phenoxy) is 2. The van der Waals surface area contributed by atoms with Crippen molar-refractivity contribution < 1.29 is 13.9 Å². The Morgan fingerprint density at radius 2 is 1.89 bits per heavy atom. The average Bonchev–Trinajstić information content (AvgIpc) is 2.99. The van der Waals surface area contributed by atoms with Crippen LogP contribution in [-0.2, 0) is 6.61 Å². The number of nitrogen functional groups attached to an aromatic ring is 1. The van der Waals surface area contributed by atoms with Gasteiger partial charge in [0.15, 0.2) is 17.4 Å². The summed E-state index contributed by atoms with van der Waals surface area (Å²) >= 11 is 1.38. The van der Waals surface area contributed by atoms with E-state index in [-0.39, 0.29) is 18.2 Å². The summed E-state index contributed by atoms with van der Waals surface area (Å²) in [6.45, 7) is 4.57. The Hall–Kier alpha value is -2.74. The number of para-hydroxylation sites is 1. The maximum absolute atomic E-state index is 13.5. The van der Waals surface area contributed by atoms with Crippen molar-refractivity contribution in [3.05, 3.63) is 65.2 Å². The lowest BCUT2D eigenvalue weighted by molar-refractivity contribution is 0.289. The molecule has 0 aliphatic carbocycles. The second-order valence-corrected chi connectivity index (χ2v) is 7.02. The number of aryl methyl sites for hydroxylation is 2. The highest BCUT2D eigenvalue weighted by atomic mass is 32.2. The van der Waals surface area contributed by atoms with E-state index in [0.29, 0.717) is 23.3 Å². The van der Waals surface area contributed by atoms with Crippen LogP contribution < -0.4 is 15.3 Å². The van der Waals surface area contributed by atoms with Gasteiger partial charge in [-0.3, -0.25) is 0 Å². The number of rotatable bonds is 8. The molecule has 0 atom stereocenters. The lowest BCUT2D eigenvalue weighted by atomic mass is 10.1. The molecule has 1 aromatic heterocycles. The van der Waals surface area contributed by atoms with E-state index in [2.05, 4.69) is 16.3 Å². The molecule has 0 aliphatic rings. The minimum Gasteiger partial charge on any atom is -0.490 e. The summed E-state index contributed by atoms with van der Waals surface area (Å²) in [7, 11) is 0. The Kier molecular flexibility index (Phi) is 6.18. The van der Waals surface area contributed by atoms with Crippen LogP contribution in [0.15, 0.2) is 47.6 Å². The normalized spacial score (nSPS) is 10.8. The third-order valence-electron chi connectivity index (χ3n) is 3.83. The minimum atomic E-state index is -0.379. The van der Waals surface area contributed by atoms with Gasteiger partial charge in [0.2, 0.25) is 5.16 Å². The van der Waals surface area contributed by atoms with Gasteiger partial charge in [-0.25, -0.2) is 9.07 Å². The Bertz CT molecular complexity index is 916. The SMILES string of the molecule is Cc1ccc(OCc2nnc(SCCOc3ccccc3F)n2N)c(C)c1. The standard InChI is InChI=1S/C19H21FN4O2S/c1-13-7-8-16(14(2)11-13)26-12-18-22-23-19(24(18)21)27-10-9-25-17-6-4-3-5-15(17)20/h3-8,11H,9-10,12,21H2,1-2H3. The third-order valence-corrected chi connectivity index (χ3v) is 4.74. The highest BCUT2D eigenvalue weighted by Crippen LogP contribution is 2.21. The third kappa shape index (κ3) is 4.91. The maximum atomic E-state index is 13.5. The second-order valence-electron chi connectivity index (χ2n) is 5.95. The van der Waals surface area contributed by atoms with E-state index < -0.39 is 0 Å². The smallest absolute Gasteiger partial charge is 0.210 e. The zero-order chi connectivity index (χ0) is 19.2. The Morgan fingerprint density at radius 3 is 2.67 bits per heavy atom. The molecule has 2 N–H and O–H groups in total. The molecule has 0 spiro atoms.